The van der Waals surface area contributed by atoms with Crippen molar-refractivity contribution in [2.24, 2.45) is 4.99 Å². The van der Waals surface area contributed by atoms with E-state index in [-0.39, 0.29) is 23.6 Å². The van der Waals surface area contributed by atoms with E-state index < -0.39 is 0 Å². The molecule has 3 rings (SSSR count). The molecule has 0 fully saturated rings. The highest BCUT2D eigenvalue weighted by Crippen LogP contribution is 2.29. The molecule has 2 aromatic rings. The molecule has 3 nitrogen and oxygen atoms in total. The molecular formula is C20H20FNO2. The number of halogens is 1. The first-order valence-corrected chi connectivity index (χ1v) is 7.93. The largest absolute Gasteiger partial charge is 0.496 e. The maximum absolute atomic E-state index is 13.6. The fourth-order valence-corrected chi connectivity index (χ4v) is 3.18. The van der Waals surface area contributed by atoms with Gasteiger partial charge in [-0.15, -0.1) is 0 Å². The molecule has 0 bridgehead atoms. The molecule has 0 aliphatic carbocycles. The van der Waals surface area contributed by atoms with Gasteiger partial charge in [0, 0.05) is 0 Å². The Morgan fingerprint density at radius 1 is 1.25 bits per heavy atom. The second kappa shape index (κ2) is 6.19. The lowest BCUT2D eigenvalue weighted by atomic mass is 9.85. The third-order valence-electron chi connectivity index (χ3n) is 4.17. The highest BCUT2D eigenvalue weighted by Gasteiger charge is 2.28. The molecule has 124 valence electrons. The number of nitrogens with zero attached hydrogens (tertiary/aromatic N) is 1. The minimum absolute atomic E-state index is 0.0563. The molecule has 0 spiro atoms. The van der Waals surface area contributed by atoms with Crippen LogP contribution in [0.1, 0.15) is 41.8 Å². The molecule has 0 aromatic heterocycles. The van der Waals surface area contributed by atoms with Gasteiger partial charge in [-0.2, -0.15) is 0 Å². The number of Topliss-reactive ketones (excluding diaryl/α,β-unsaturated/α-hetero) is 1. The first kappa shape index (κ1) is 16.4. The monoisotopic (exact) mass is 325 g/mol. The summed E-state index contributed by atoms with van der Waals surface area (Å²) in [5.41, 5.74) is 2.65. The van der Waals surface area contributed by atoms with Crippen LogP contribution < -0.4 is 4.74 Å². The number of carbonyl (C=O) groups is 1. The van der Waals surface area contributed by atoms with Crippen molar-refractivity contribution in [2.45, 2.75) is 32.2 Å². The molecule has 0 radical (unpaired) electrons. The minimum Gasteiger partial charge on any atom is -0.496 e. The number of rotatable bonds is 4. The number of aliphatic imine (C=N–C) groups is 1. The van der Waals surface area contributed by atoms with Gasteiger partial charge in [0.1, 0.15) is 11.6 Å². The van der Waals surface area contributed by atoms with E-state index in [9.17, 15) is 9.18 Å². The summed E-state index contributed by atoms with van der Waals surface area (Å²) in [5.74, 6) is 0.235. The van der Waals surface area contributed by atoms with Crippen LogP contribution >= 0.6 is 0 Å². The smallest absolute Gasteiger partial charge is 0.172 e. The van der Waals surface area contributed by atoms with Crippen LogP contribution in [-0.2, 0) is 6.42 Å². The van der Waals surface area contributed by atoms with Crippen molar-refractivity contribution in [3.8, 4) is 5.75 Å². The molecule has 0 saturated heterocycles. The number of fused-ring (bicyclic) bond motifs is 1. The zero-order chi connectivity index (χ0) is 17.3. The van der Waals surface area contributed by atoms with Crippen molar-refractivity contribution in [3.05, 3.63) is 65.0 Å². The Morgan fingerprint density at radius 2 is 2.00 bits per heavy atom. The molecule has 0 saturated carbocycles. The molecule has 0 atom stereocenters. The van der Waals surface area contributed by atoms with E-state index in [1.807, 2.05) is 26.0 Å². The van der Waals surface area contributed by atoms with Crippen LogP contribution in [0.3, 0.4) is 0 Å². The molecule has 0 amide bonds. The van der Waals surface area contributed by atoms with Gasteiger partial charge in [0.15, 0.2) is 5.78 Å². The quantitative estimate of drug-likeness (QED) is 0.789. The van der Waals surface area contributed by atoms with Crippen LogP contribution in [-0.4, -0.2) is 24.1 Å². The Balaban J connectivity index is 1.97. The van der Waals surface area contributed by atoms with E-state index in [0.717, 1.165) is 11.1 Å². The molecule has 1 aliphatic heterocycles. The number of para-hydroxylation sites is 1. The van der Waals surface area contributed by atoms with Crippen LogP contribution in [0.5, 0.6) is 5.75 Å². The van der Waals surface area contributed by atoms with Crippen molar-refractivity contribution in [1.29, 1.82) is 0 Å². The van der Waals surface area contributed by atoms with E-state index in [0.29, 0.717) is 23.4 Å². The lowest BCUT2D eigenvalue weighted by Gasteiger charge is -2.29. The maximum atomic E-state index is 13.6. The molecule has 1 aliphatic rings. The second-order valence-corrected chi connectivity index (χ2v) is 6.65. The summed E-state index contributed by atoms with van der Waals surface area (Å²) >= 11 is 0. The van der Waals surface area contributed by atoms with Crippen molar-refractivity contribution in [1.82, 2.24) is 0 Å². The highest BCUT2D eigenvalue weighted by molar-refractivity contribution is 6.17. The summed E-state index contributed by atoms with van der Waals surface area (Å²) in [5, 5.41) is 0. The summed E-state index contributed by atoms with van der Waals surface area (Å²) in [4.78, 5) is 17.5. The average Bonchev–Trinajstić information content (AvgIpc) is 2.53. The summed E-state index contributed by atoms with van der Waals surface area (Å²) < 4.78 is 18.8. The van der Waals surface area contributed by atoms with E-state index >= 15 is 0 Å². The lowest BCUT2D eigenvalue weighted by molar-refractivity contribution is 0.0997. The predicted octanol–water partition coefficient (Wildman–Crippen LogP) is 4.23. The Labute approximate surface area is 141 Å². The first-order valence-electron chi connectivity index (χ1n) is 7.93. The number of methoxy groups -OCH3 is 1. The van der Waals surface area contributed by atoms with E-state index in [1.54, 1.807) is 31.4 Å². The highest BCUT2D eigenvalue weighted by atomic mass is 19.1. The van der Waals surface area contributed by atoms with Gasteiger partial charge in [-0.1, -0.05) is 12.1 Å². The summed E-state index contributed by atoms with van der Waals surface area (Å²) in [6, 6.07) is 11.8. The Kier molecular flexibility index (Phi) is 4.22. The van der Waals surface area contributed by atoms with E-state index in [1.165, 1.54) is 6.07 Å². The zero-order valence-corrected chi connectivity index (χ0v) is 14.1. The minimum atomic E-state index is -0.350. The molecule has 24 heavy (non-hydrogen) atoms. The van der Waals surface area contributed by atoms with Gasteiger partial charge >= 0.3 is 0 Å². The molecule has 0 unspecified atom stereocenters. The van der Waals surface area contributed by atoms with Gasteiger partial charge in [-0.25, -0.2) is 4.39 Å². The van der Waals surface area contributed by atoms with Crippen molar-refractivity contribution in [3.63, 3.8) is 0 Å². The average molecular weight is 325 g/mol. The summed E-state index contributed by atoms with van der Waals surface area (Å²) in [6.45, 7) is 3.99. The Hall–Kier alpha value is -2.49. The van der Waals surface area contributed by atoms with E-state index in [2.05, 4.69) is 0 Å². The molecule has 4 heteroatoms. The van der Waals surface area contributed by atoms with Gasteiger partial charge in [0.2, 0.25) is 0 Å². The SMILES string of the molecule is COc1ccccc1C(=O)CC1=NC(C)(C)Cc2cc(F)ccc21. The maximum Gasteiger partial charge on any atom is 0.172 e. The number of ketones is 1. The summed E-state index contributed by atoms with van der Waals surface area (Å²) in [6.07, 6.45) is 0.828. The number of carbonyl (C=O) groups excluding carboxylic acids is 1. The van der Waals surface area contributed by atoms with Crippen LogP contribution in [0, 0.1) is 5.82 Å². The molecule has 0 N–H and O–H groups in total. The standard InChI is InChI=1S/C20H20FNO2/c1-20(2)12-13-10-14(21)8-9-15(13)17(22-20)11-18(23)16-6-4-5-7-19(16)24-3/h4-10H,11-12H2,1-3H3. The fraction of sp³-hybridized carbons (Fsp3) is 0.300. The van der Waals surface area contributed by atoms with Gasteiger partial charge in [-0.05, 0) is 61.7 Å². The first-order chi connectivity index (χ1) is 11.4. The van der Waals surface area contributed by atoms with E-state index in [4.69, 9.17) is 9.73 Å². The Bertz CT molecular complexity index is 824. The van der Waals surface area contributed by atoms with Gasteiger partial charge in [-0.3, -0.25) is 9.79 Å². The second-order valence-electron chi connectivity index (χ2n) is 6.65. The predicted molar refractivity (Wildman–Crippen MR) is 92.7 cm³/mol. The van der Waals surface area contributed by atoms with Crippen LogP contribution in [0.4, 0.5) is 4.39 Å². The van der Waals surface area contributed by atoms with Crippen molar-refractivity contribution in [2.75, 3.05) is 7.11 Å². The lowest BCUT2D eigenvalue weighted by Crippen LogP contribution is -2.30. The fourth-order valence-electron chi connectivity index (χ4n) is 3.18. The third-order valence-corrected chi connectivity index (χ3v) is 4.17. The van der Waals surface area contributed by atoms with Gasteiger partial charge in [0.25, 0.3) is 0 Å². The van der Waals surface area contributed by atoms with Crippen LogP contribution in [0.2, 0.25) is 0 Å². The normalized spacial score (nSPS) is 15.4. The van der Waals surface area contributed by atoms with Crippen molar-refractivity contribution >= 4 is 11.5 Å². The third kappa shape index (κ3) is 3.23. The number of hydrogen-bond donors (Lipinski definition) is 0. The van der Waals surface area contributed by atoms with Crippen LogP contribution in [0.25, 0.3) is 0 Å². The number of benzene rings is 2. The summed E-state index contributed by atoms with van der Waals surface area (Å²) in [7, 11) is 1.55. The van der Waals surface area contributed by atoms with Gasteiger partial charge in [0.05, 0.1) is 30.3 Å². The molecule has 1 heterocycles. The number of hydrogen-bond acceptors (Lipinski definition) is 3. The number of ether oxygens (including phenoxy) is 1. The molecular weight excluding hydrogens is 305 g/mol. The molecule has 2 aromatic carbocycles. The Morgan fingerprint density at radius 3 is 2.75 bits per heavy atom. The van der Waals surface area contributed by atoms with Crippen molar-refractivity contribution < 1.29 is 13.9 Å². The van der Waals surface area contributed by atoms with Gasteiger partial charge < -0.3 is 4.74 Å². The van der Waals surface area contributed by atoms with Crippen LogP contribution in [0.15, 0.2) is 47.5 Å². The zero-order valence-electron chi connectivity index (χ0n) is 14.1. The topological polar surface area (TPSA) is 38.7 Å².